The van der Waals surface area contributed by atoms with Crippen molar-refractivity contribution < 1.29 is 19.1 Å². The maximum atomic E-state index is 12.0. The summed E-state index contributed by atoms with van der Waals surface area (Å²) >= 11 is 0. The van der Waals surface area contributed by atoms with Gasteiger partial charge in [0.1, 0.15) is 5.75 Å². The lowest BCUT2D eigenvalue weighted by Gasteiger charge is -2.12. The molecule has 5 heteroatoms. The zero-order valence-corrected chi connectivity index (χ0v) is 15.2. The molecule has 0 aliphatic carbocycles. The van der Waals surface area contributed by atoms with Crippen LogP contribution in [0.15, 0.2) is 54.6 Å². The number of rotatable bonds is 7. The van der Waals surface area contributed by atoms with Gasteiger partial charge in [0.15, 0.2) is 6.10 Å². The van der Waals surface area contributed by atoms with Crippen LogP contribution in [-0.4, -0.2) is 25.1 Å². The fraction of sp³-hybridized carbons (Fsp3) is 0.238. The average Bonchev–Trinajstić information content (AvgIpc) is 2.66. The molecule has 26 heavy (non-hydrogen) atoms. The average molecular weight is 353 g/mol. The Bertz CT molecular complexity index is 764. The molecule has 0 fully saturated rings. The highest BCUT2D eigenvalue weighted by Crippen LogP contribution is 2.11. The van der Waals surface area contributed by atoms with Crippen molar-refractivity contribution in [2.45, 2.75) is 26.5 Å². The van der Waals surface area contributed by atoms with Crippen molar-refractivity contribution in [3.8, 4) is 5.75 Å². The molecule has 1 N–H and O–H groups in total. The second kappa shape index (κ2) is 9.42. The van der Waals surface area contributed by atoms with Crippen LogP contribution in [0.1, 0.15) is 23.6 Å². The molecule has 2 aromatic carbocycles. The van der Waals surface area contributed by atoms with Gasteiger partial charge in [-0.05, 0) is 43.2 Å². The van der Waals surface area contributed by atoms with Crippen LogP contribution in [-0.2, 0) is 20.9 Å². The van der Waals surface area contributed by atoms with E-state index in [0.717, 1.165) is 22.4 Å². The van der Waals surface area contributed by atoms with Crippen LogP contribution in [0.4, 0.5) is 0 Å². The van der Waals surface area contributed by atoms with E-state index in [0.29, 0.717) is 6.54 Å². The van der Waals surface area contributed by atoms with Crippen LogP contribution in [0.25, 0.3) is 6.08 Å². The van der Waals surface area contributed by atoms with E-state index in [2.05, 4.69) is 5.32 Å². The quantitative estimate of drug-likeness (QED) is 0.613. The highest BCUT2D eigenvalue weighted by molar-refractivity contribution is 5.90. The monoisotopic (exact) mass is 353 g/mol. The molecule has 1 atom stereocenters. The Labute approximate surface area is 153 Å². The van der Waals surface area contributed by atoms with E-state index >= 15 is 0 Å². The lowest BCUT2D eigenvalue weighted by molar-refractivity contribution is -0.150. The third-order valence-electron chi connectivity index (χ3n) is 3.78. The van der Waals surface area contributed by atoms with Gasteiger partial charge in [-0.25, -0.2) is 4.79 Å². The van der Waals surface area contributed by atoms with Crippen LogP contribution in [0.3, 0.4) is 0 Å². The maximum absolute atomic E-state index is 12.0. The molecule has 136 valence electrons. The van der Waals surface area contributed by atoms with Crippen LogP contribution in [0, 0.1) is 6.92 Å². The Hall–Kier alpha value is -3.08. The molecule has 0 heterocycles. The molecule has 0 saturated carbocycles. The van der Waals surface area contributed by atoms with Crippen LogP contribution >= 0.6 is 0 Å². The predicted octanol–water partition coefficient (Wildman–Crippen LogP) is 3.26. The van der Waals surface area contributed by atoms with Gasteiger partial charge in [0, 0.05) is 12.6 Å². The number of amides is 1. The van der Waals surface area contributed by atoms with Crippen molar-refractivity contribution >= 4 is 18.0 Å². The largest absolute Gasteiger partial charge is 0.497 e. The minimum Gasteiger partial charge on any atom is -0.497 e. The first-order valence-electron chi connectivity index (χ1n) is 8.34. The number of aryl methyl sites for hydroxylation is 1. The SMILES string of the molecule is COc1ccc(CNC(=O)C(C)OC(=O)/C=C/c2ccc(C)cc2)cc1. The Kier molecular flexibility index (Phi) is 6.97. The summed E-state index contributed by atoms with van der Waals surface area (Å²) < 4.78 is 10.2. The van der Waals surface area contributed by atoms with E-state index < -0.39 is 12.1 Å². The number of carbonyl (C=O) groups excluding carboxylic acids is 2. The summed E-state index contributed by atoms with van der Waals surface area (Å²) in [6, 6.07) is 15.1. The third kappa shape index (κ3) is 6.09. The van der Waals surface area contributed by atoms with Gasteiger partial charge in [-0.2, -0.15) is 0 Å². The molecule has 0 aromatic heterocycles. The number of hydrogen-bond donors (Lipinski definition) is 1. The third-order valence-corrected chi connectivity index (χ3v) is 3.78. The van der Waals surface area contributed by atoms with Crippen LogP contribution < -0.4 is 10.1 Å². The molecule has 5 nitrogen and oxygen atoms in total. The molecule has 0 spiro atoms. The van der Waals surface area contributed by atoms with E-state index in [-0.39, 0.29) is 5.91 Å². The molecule has 0 aliphatic rings. The number of methoxy groups -OCH3 is 1. The van der Waals surface area contributed by atoms with Gasteiger partial charge in [0.2, 0.25) is 0 Å². The molecule has 1 amide bonds. The molecular formula is C21H23NO4. The Morgan fingerprint density at radius 3 is 2.35 bits per heavy atom. The first kappa shape index (κ1) is 19.2. The standard InChI is InChI=1S/C21H23NO4/c1-15-4-6-17(7-5-15)10-13-20(23)26-16(2)21(24)22-14-18-8-11-19(25-3)12-9-18/h4-13,16H,14H2,1-3H3,(H,22,24)/b13-10+. The summed E-state index contributed by atoms with van der Waals surface area (Å²) in [5.74, 6) is -0.154. The molecule has 2 aromatic rings. The first-order chi connectivity index (χ1) is 12.5. The zero-order chi connectivity index (χ0) is 18.9. The highest BCUT2D eigenvalue weighted by atomic mass is 16.5. The number of nitrogens with one attached hydrogen (secondary N) is 1. The second-order valence-electron chi connectivity index (χ2n) is 5.89. The summed E-state index contributed by atoms with van der Waals surface area (Å²) in [4.78, 5) is 23.9. The number of benzene rings is 2. The lowest BCUT2D eigenvalue weighted by Crippen LogP contribution is -2.35. The molecule has 0 radical (unpaired) electrons. The molecular weight excluding hydrogens is 330 g/mol. The van der Waals surface area contributed by atoms with Crippen molar-refractivity contribution in [1.82, 2.24) is 5.32 Å². The van der Waals surface area contributed by atoms with E-state index in [1.165, 1.54) is 6.08 Å². The fourth-order valence-electron chi connectivity index (χ4n) is 2.19. The molecule has 0 bridgehead atoms. The summed E-state index contributed by atoms with van der Waals surface area (Å²) in [6.07, 6.45) is 2.10. The smallest absolute Gasteiger partial charge is 0.331 e. The van der Waals surface area contributed by atoms with Crippen LogP contribution in [0.2, 0.25) is 0 Å². The molecule has 0 saturated heterocycles. The van der Waals surface area contributed by atoms with Gasteiger partial charge in [-0.15, -0.1) is 0 Å². The van der Waals surface area contributed by atoms with E-state index in [4.69, 9.17) is 9.47 Å². The minimum atomic E-state index is -0.872. The van der Waals surface area contributed by atoms with Gasteiger partial charge in [0.05, 0.1) is 7.11 Å². The molecule has 2 rings (SSSR count). The van der Waals surface area contributed by atoms with Gasteiger partial charge < -0.3 is 14.8 Å². The van der Waals surface area contributed by atoms with Gasteiger partial charge >= 0.3 is 5.97 Å². The molecule has 0 aliphatic heterocycles. The molecule has 1 unspecified atom stereocenters. The minimum absolute atomic E-state index is 0.349. The van der Waals surface area contributed by atoms with E-state index in [1.54, 1.807) is 20.1 Å². The Morgan fingerprint density at radius 2 is 1.73 bits per heavy atom. The summed E-state index contributed by atoms with van der Waals surface area (Å²) in [7, 11) is 1.60. The summed E-state index contributed by atoms with van der Waals surface area (Å²) in [6.45, 7) is 3.89. The van der Waals surface area contributed by atoms with E-state index in [9.17, 15) is 9.59 Å². The van der Waals surface area contributed by atoms with Crippen molar-refractivity contribution in [3.05, 3.63) is 71.3 Å². The Balaban J connectivity index is 1.79. The predicted molar refractivity (Wildman–Crippen MR) is 101 cm³/mol. The van der Waals surface area contributed by atoms with Gasteiger partial charge in [-0.1, -0.05) is 42.0 Å². The van der Waals surface area contributed by atoms with Gasteiger partial charge in [-0.3, -0.25) is 4.79 Å². The van der Waals surface area contributed by atoms with Crippen molar-refractivity contribution in [2.24, 2.45) is 0 Å². The lowest BCUT2D eigenvalue weighted by atomic mass is 10.1. The first-order valence-corrected chi connectivity index (χ1v) is 8.34. The van der Waals surface area contributed by atoms with E-state index in [1.807, 2.05) is 55.5 Å². The topological polar surface area (TPSA) is 64.6 Å². The number of esters is 1. The number of ether oxygens (including phenoxy) is 2. The second-order valence-corrected chi connectivity index (χ2v) is 5.89. The Morgan fingerprint density at radius 1 is 1.08 bits per heavy atom. The number of carbonyl (C=O) groups is 2. The van der Waals surface area contributed by atoms with Crippen molar-refractivity contribution in [2.75, 3.05) is 7.11 Å². The summed E-state index contributed by atoms with van der Waals surface area (Å²) in [5, 5.41) is 2.74. The fourth-order valence-corrected chi connectivity index (χ4v) is 2.19. The summed E-state index contributed by atoms with van der Waals surface area (Å²) in [5.41, 5.74) is 2.97. The zero-order valence-electron chi connectivity index (χ0n) is 15.2. The number of hydrogen-bond acceptors (Lipinski definition) is 4. The van der Waals surface area contributed by atoms with Crippen molar-refractivity contribution in [3.63, 3.8) is 0 Å². The van der Waals surface area contributed by atoms with Crippen LogP contribution in [0.5, 0.6) is 5.75 Å². The highest BCUT2D eigenvalue weighted by Gasteiger charge is 2.16. The maximum Gasteiger partial charge on any atom is 0.331 e. The van der Waals surface area contributed by atoms with Crippen molar-refractivity contribution in [1.29, 1.82) is 0 Å². The normalized spacial score (nSPS) is 11.8. The van der Waals surface area contributed by atoms with Gasteiger partial charge in [0.25, 0.3) is 5.91 Å².